The van der Waals surface area contributed by atoms with E-state index in [1.165, 1.54) is 16.3 Å². The molecule has 0 aliphatic carbocycles. The van der Waals surface area contributed by atoms with E-state index in [1.807, 2.05) is 12.1 Å². The molecule has 0 spiro atoms. The summed E-state index contributed by atoms with van der Waals surface area (Å²) in [4.78, 5) is 11.5. The van der Waals surface area contributed by atoms with Gasteiger partial charge in [-0.3, -0.25) is 4.79 Å². The summed E-state index contributed by atoms with van der Waals surface area (Å²) in [5.41, 5.74) is 1.21. The molecule has 0 aliphatic heterocycles. The maximum absolute atomic E-state index is 11.5. The van der Waals surface area contributed by atoms with Crippen molar-refractivity contribution in [2.45, 2.75) is 39.0 Å². The Morgan fingerprint density at radius 1 is 1.05 bits per heavy atom. The fourth-order valence-corrected chi connectivity index (χ4v) is 2.27. The fourth-order valence-electron chi connectivity index (χ4n) is 2.27. The summed E-state index contributed by atoms with van der Waals surface area (Å²) in [7, 11) is 0. The second-order valence-corrected chi connectivity index (χ2v) is 5.11. The van der Waals surface area contributed by atoms with Gasteiger partial charge in [0.2, 0.25) is 0 Å². The van der Waals surface area contributed by atoms with Crippen LogP contribution in [0.15, 0.2) is 42.5 Å². The van der Waals surface area contributed by atoms with Crippen molar-refractivity contribution >= 4 is 16.7 Å². The third kappa shape index (κ3) is 4.37. The largest absolute Gasteiger partial charge is 0.465 e. The summed E-state index contributed by atoms with van der Waals surface area (Å²) in [6, 6.07) is 14.7. The summed E-state index contributed by atoms with van der Waals surface area (Å²) in [5, 5.41) is 2.48. The number of rotatable bonds is 7. The van der Waals surface area contributed by atoms with Crippen molar-refractivity contribution in [1.82, 2.24) is 0 Å². The lowest BCUT2D eigenvalue weighted by atomic mass is 10.1. The van der Waals surface area contributed by atoms with Gasteiger partial charge in [-0.25, -0.2) is 0 Å². The topological polar surface area (TPSA) is 26.3 Å². The minimum atomic E-state index is -0.0701. The Morgan fingerprint density at radius 3 is 2.65 bits per heavy atom. The van der Waals surface area contributed by atoms with E-state index in [1.54, 1.807) is 0 Å². The number of ether oxygens (including phenoxy) is 1. The summed E-state index contributed by atoms with van der Waals surface area (Å²) in [6.45, 7) is 2.61. The molecular formula is C18H22O2. The van der Waals surface area contributed by atoms with E-state index in [2.05, 4.69) is 37.3 Å². The second kappa shape index (κ2) is 7.68. The van der Waals surface area contributed by atoms with Crippen molar-refractivity contribution in [1.29, 1.82) is 0 Å². The van der Waals surface area contributed by atoms with Gasteiger partial charge in [0.05, 0.1) is 6.61 Å². The van der Waals surface area contributed by atoms with Crippen LogP contribution >= 0.6 is 0 Å². The van der Waals surface area contributed by atoms with Gasteiger partial charge in [-0.2, -0.15) is 0 Å². The van der Waals surface area contributed by atoms with Crippen molar-refractivity contribution in [2.24, 2.45) is 0 Å². The van der Waals surface area contributed by atoms with Crippen LogP contribution in [0.1, 0.15) is 38.2 Å². The second-order valence-electron chi connectivity index (χ2n) is 5.11. The van der Waals surface area contributed by atoms with E-state index in [4.69, 9.17) is 4.74 Å². The minimum Gasteiger partial charge on any atom is -0.465 e. The fraction of sp³-hybridized carbons (Fsp3) is 0.389. The van der Waals surface area contributed by atoms with Crippen LogP contribution in [-0.2, 0) is 16.0 Å². The maximum Gasteiger partial charge on any atom is 0.305 e. The zero-order valence-electron chi connectivity index (χ0n) is 12.1. The lowest BCUT2D eigenvalue weighted by molar-refractivity contribution is -0.143. The molecule has 0 unspecified atom stereocenters. The highest BCUT2D eigenvalue weighted by atomic mass is 16.5. The molecule has 2 rings (SSSR count). The van der Waals surface area contributed by atoms with E-state index >= 15 is 0 Å². The van der Waals surface area contributed by atoms with Crippen molar-refractivity contribution in [3.63, 3.8) is 0 Å². The summed E-state index contributed by atoms with van der Waals surface area (Å²) in [6.07, 6.45) is 4.49. The van der Waals surface area contributed by atoms with E-state index in [-0.39, 0.29) is 5.97 Å². The molecule has 0 bridgehead atoms. The summed E-state index contributed by atoms with van der Waals surface area (Å²) in [5.74, 6) is -0.0701. The smallest absolute Gasteiger partial charge is 0.305 e. The van der Waals surface area contributed by atoms with E-state index < -0.39 is 0 Å². The van der Waals surface area contributed by atoms with Gasteiger partial charge in [0.1, 0.15) is 0 Å². The SMILES string of the molecule is CCCCCC(=O)OCCc1ccc2ccccc2c1. The Kier molecular flexibility index (Phi) is 5.60. The Balaban J connectivity index is 1.79. The molecule has 0 saturated heterocycles. The van der Waals surface area contributed by atoms with Crippen LogP contribution in [0.5, 0.6) is 0 Å². The van der Waals surface area contributed by atoms with Crippen LogP contribution in [0.3, 0.4) is 0 Å². The number of carbonyl (C=O) groups excluding carboxylic acids is 1. The van der Waals surface area contributed by atoms with Gasteiger partial charge in [-0.1, -0.05) is 62.2 Å². The standard InChI is InChI=1S/C18H22O2/c1-2-3-4-9-18(19)20-13-12-15-10-11-16-7-5-6-8-17(16)14-15/h5-8,10-11,14H,2-4,9,12-13H2,1H3. The Morgan fingerprint density at radius 2 is 1.85 bits per heavy atom. The number of esters is 1. The third-order valence-corrected chi connectivity index (χ3v) is 3.45. The molecular weight excluding hydrogens is 248 g/mol. The Hall–Kier alpha value is -1.83. The number of fused-ring (bicyclic) bond motifs is 1. The van der Waals surface area contributed by atoms with Crippen molar-refractivity contribution < 1.29 is 9.53 Å². The van der Waals surface area contributed by atoms with Crippen molar-refractivity contribution in [3.8, 4) is 0 Å². The average Bonchev–Trinajstić information content (AvgIpc) is 2.47. The first-order chi connectivity index (χ1) is 9.79. The van der Waals surface area contributed by atoms with Crippen LogP contribution in [-0.4, -0.2) is 12.6 Å². The van der Waals surface area contributed by atoms with Gasteiger partial charge in [0.15, 0.2) is 0 Å². The molecule has 2 aromatic rings. The zero-order chi connectivity index (χ0) is 14.2. The highest BCUT2D eigenvalue weighted by Crippen LogP contribution is 2.16. The molecule has 2 aromatic carbocycles. The molecule has 0 heterocycles. The van der Waals surface area contributed by atoms with Crippen LogP contribution in [0.25, 0.3) is 10.8 Å². The normalized spacial score (nSPS) is 10.7. The summed E-state index contributed by atoms with van der Waals surface area (Å²) >= 11 is 0. The van der Waals surface area contributed by atoms with Gasteiger partial charge in [-0.15, -0.1) is 0 Å². The first kappa shape index (κ1) is 14.6. The molecule has 20 heavy (non-hydrogen) atoms. The summed E-state index contributed by atoms with van der Waals surface area (Å²) < 4.78 is 5.27. The number of carbonyl (C=O) groups is 1. The molecule has 106 valence electrons. The quantitative estimate of drug-likeness (QED) is 0.546. The molecule has 0 radical (unpaired) electrons. The molecule has 0 N–H and O–H groups in total. The van der Waals surface area contributed by atoms with Crippen LogP contribution in [0.2, 0.25) is 0 Å². The van der Waals surface area contributed by atoms with Crippen molar-refractivity contribution in [2.75, 3.05) is 6.61 Å². The van der Waals surface area contributed by atoms with Gasteiger partial charge in [-0.05, 0) is 22.8 Å². The molecule has 0 atom stereocenters. The molecule has 0 amide bonds. The molecule has 0 saturated carbocycles. The monoisotopic (exact) mass is 270 g/mol. The van der Waals surface area contributed by atoms with E-state index in [0.29, 0.717) is 13.0 Å². The molecule has 0 fully saturated rings. The minimum absolute atomic E-state index is 0.0701. The lowest BCUT2D eigenvalue weighted by Gasteiger charge is -2.06. The number of hydrogen-bond donors (Lipinski definition) is 0. The van der Waals surface area contributed by atoms with Crippen LogP contribution in [0.4, 0.5) is 0 Å². The average molecular weight is 270 g/mol. The van der Waals surface area contributed by atoms with E-state index in [0.717, 1.165) is 25.7 Å². The van der Waals surface area contributed by atoms with Gasteiger partial charge in [0, 0.05) is 12.8 Å². The number of unbranched alkanes of at least 4 members (excludes halogenated alkanes) is 2. The molecule has 0 aromatic heterocycles. The zero-order valence-corrected chi connectivity index (χ0v) is 12.1. The highest BCUT2D eigenvalue weighted by Gasteiger charge is 2.03. The van der Waals surface area contributed by atoms with Gasteiger partial charge < -0.3 is 4.74 Å². The van der Waals surface area contributed by atoms with Crippen LogP contribution < -0.4 is 0 Å². The predicted octanol–water partition coefficient (Wildman–Crippen LogP) is 4.51. The van der Waals surface area contributed by atoms with E-state index in [9.17, 15) is 4.79 Å². The molecule has 2 nitrogen and oxygen atoms in total. The first-order valence-electron chi connectivity index (χ1n) is 7.43. The molecule has 2 heteroatoms. The Bertz CT molecular complexity index is 560. The highest BCUT2D eigenvalue weighted by molar-refractivity contribution is 5.83. The Labute approximate surface area is 120 Å². The molecule has 0 aliphatic rings. The maximum atomic E-state index is 11.5. The van der Waals surface area contributed by atoms with Crippen LogP contribution in [0, 0.1) is 0 Å². The van der Waals surface area contributed by atoms with Gasteiger partial charge >= 0.3 is 5.97 Å². The third-order valence-electron chi connectivity index (χ3n) is 3.45. The lowest BCUT2D eigenvalue weighted by Crippen LogP contribution is -2.07. The first-order valence-corrected chi connectivity index (χ1v) is 7.43. The predicted molar refractivity (Wildman–Crippen MR) is 82.8 cm³/mol. The number of hydrogen-bond acceptors (Lipinski definition) is 2. The number of benzene rings is 2. The van der Waals surface area contributed by atoms with Crippen molar-refractivity contribution in [3.05, 3.63) is 48.0 Å². The van der Waals surface area contributed by atoms with Gasteiger partial charge in [0.25, 0.3) is 0 Å².